The molecule has 0 aromatic carbocycles. The number of halogens is 1. The van der Waals surface area contributed by atoms with Gasteiger partial charge in [-0.15, -0.1) is 0 Å². The summed E-state index contributed by atoms with van der Waals surface area (Å²) in [5.74, 6) is 0.756. The Labute approximate surface area is 109 Å². The summed E-state index contributed by atoms with van der Waals surface area (Å²) in [6.07, 6.45) is 6.70. The molecule has 0 bridgehead atoms. The molecule has 0 saturated heterocycles. The lowest BCUT2D eigenvalue weighted by molar-refractivity contribution is -0.121. The first kappa shape index (κ1) is 16.0. The number of alkyl halides is 1. The van der Waals surface area contributed by atoms with Gasteiger partial charge in [-0.05, 0) is 12.3 Å². The molecule has 0 rings (SSSR count). The highest BCUT2D eigenvalue weighted by Gasteiger charge is 2.10. The Morgan fingerprint density at radius 2 is 1.81 bits per heavy atom. The molecule has 0 aliphatic rings. The molecular formula is C13H26BrNO. The Kier molecular flexibility index (Phi) is 10.1. The molecule has 0 saturated carbocycles. The number of amides is 1. The average molecular weight is 292 g/mol. The summed E-state index contributed by atoms with van der Waals surface area (Å²) < 4.78 is 0. The molecular weight excluding hydrogens is 266 g/mol. The molecule has 0 aromatic heterocycles. The molecule has 0 aliphatic carbocycles. The second-order valence-corrected chi connectivity index (χ2v) is 5.90. The molecule has 3 heteroatoms. The number of rotatable bonds is 9. The van der Waals surface area contributed by atoms with Crippen LogP contribution in [-0.2, 0) is 4.79 Å². The minimum absolute atomic E-state index is 0.196. The van der Waals surface area contributed by atoms with Gasteiger partial charge in [-0.25, -0.2) is 0 Å². The van der Waals surface area contributed by atoms with Crippen molar-refractivity contribution in [2.45, 2.75) is 64.1 Å². The summed E-state index contributed by atoms with van der Waals surface area (Å²) in [5.41, 5.74) is 0. The van der Waals surface area contributed by atoms with Crippen molar-refractivity contribution in [1.82, 2.24) is 5.32 Å². The smallest absolute Gasteiger partial charge is 0.220 e. The zero-order valence-electron chi connectivity index (χ0n) is 10.9. The predicted octanol–water partition coefficient (Wildman–Crippen LogP) is 3.88. The predicted molar refractivity (Wildman–Crippen MR) is 73.9 cm³/mol. The van der Waals surface area contributed by atoms with Gasteiger partial charge < -0.3 is 5.32 Å². The third-order valence-electron chi connectivity index (χ3n) is 2.73. The standard InChI is InChI=1S/C13H26BrNO/c1-4-5-6-7-8-9-13(16)15-10-12(14)11(2)3/h11-12H,4-10H2,1-3H3,(H,15,16). The molecule has 0 aromatic rings. The van der Waals surface area contributed by atoms with Crippen LogP contribution < -0.4 is 5.32 Å². The van der Waals surface area contributed by atoms with Gasteiger partial charge in [0.05, 0.1) is 0 Å². The zero-order valence-corrected chi connectivity index (χ0v) is 12.5. The largest absolute Gasteiger partial charge is 0.355 e. The maximum absolute atomic E-state index is 11.5. The van der Waals surface area contributed by atoms with Gasteiger partial charge in [0.2, 0.25) is 5.91 Å². The summed E-state index contributed by atoms with van der Waals surface area (Å²) >= 11 is 3.56. The van der Waals surface area contributed by atoms with Crippen molar-refractivity contribution >= 4 is 21.8 Å². The fourth-order valence-corrected chi connectivity index (χ4v) is 1.59. The van der Waals surface area contributed by atoms with Crippen LogP contribution in [0.5, 0.6) is 0 Å². The van der Waals surface area contributed by atoms with Gasteiger partial charge in [0.15, 0.2) is 0 Å². The first-order chi connectivity index (χ1) is 7.57. The quantitative estimate of drug-likeness (QED) is 0.507. The Morgan fingerprint density at radius 3 is 2.38 bits per heavy atom. The Hall–Kier alpha value is -0.0500. The van der Waals surface area contributed by atoms with Crippen LogP contribution >= 0.6 is 15.9 Å². The molecule has 0 radical (unpaired) electrons. The third kappa shape index (κ3) is 9.20. The van der Waals surface area contributed by atoms with E-state index in [-0.39, 0.29) is 5.91 Å². The van der Waals surface area contributed by atoms with E-state index in [1.165, 1.54) is 25.7 Å². The Balaban J connectivity index is 3.38. The molecule has 1 atom stereocenters. The van der Waals surface area contributed by atoms with Crippen LogP contribution in [0.25, 0.3) is 0 Å². The van der Waals surface area contributed by atoms with Crippen molar-refractivity contribution in [3.05, 3.63) is 0 Å². The van der Waals surface area contributed by atoms with Crippen molar-refractivity contribution in [2.24, 2.45) is 5.92 Å². The molecule has 96 valence electrons. The van der Waals surface area contributed by atoms with Gasteiger partial charge in [0.25, 0.3) is 0 Å². The van der Waals surface area contributed by atoms with Crippen molar-refractivity contribution in [3.8, 4) is 0 Å². The van der Waals surface area contributed by atoms with E-state index in [2.05, 4.69) is 42.0 Å². The second-order valence-electron chi connectivity index (χ2n) is 4.73. The number of carbonyl (C=O) groups excluding carboxylic acids is 1. The fourth-order valence-electron chi connectivity index (χ4n) is 1.42. The first-order valence-corrected chi connectivity index (χ1v) is 7.40. The molecule has 0 aliphatic heterocycles. The van der Waals surface area contributed by atoms with E-state index in [0.29, 0.717) is 17.2 Å². The van der Waals surface area contributed by atoms with Crippen molar-refractivity contribution < 1.29 is 4.79 Å². The summed E-state index contributed by atoms with van der Waals surface area (Å²) in [7, 11) is 0. The summed E-state index contributed by atoms with van der Waals surface area (Å²) in [4.78, 5) is 11.9. The van der Waals surface area contributed by atoms with Gasteiger partial charge in [-0.3, -0.25) is 4.79 Å². The van der Waals surface area contributed by atoms with E-state index in [9.17, 15) is 4.79 Å². The second kappa shape index (κ2) is 10.1. The van der Waals surface area contributed by atoms with Crippen LogP contribution in [0.2, 0.25) is 0 Å². The summed E-state index contributed by atoms with van der Waals surface area (Å²) in [6, 6.07) is 0. The SMILES string of the molecule is CCCCCCCC(=O)NCC(Br)C(C)C. The van der Waals surface area contributed by atoms with Gasteiger partial charge in [0.1, 0.15) is 0 Å². The fraction of sp³-hybridized carbons (Fsp3) is 0.923. The first-order valence-electron chi connectivity index (χ1n) is 6.48. The van der Waals surface area contributed by atoms with Crippen molar-refractivity contribution in [1.29, 1.82) is 0 Å². The minimum atomic E-state index is 0.196. The summed E-state index contributed by atoms with van der Waals surface area (Å²) in [6.45, 7) is 7.24. The number of hydrogen-bond acceptors (Lipinski definition) is 1. The van der Waals surface area contributed by atoms with E-state index >= 15 is 0 Å². The van der Waals surface area contributed by atoms with Crippen LogP contribution in [0, 0.1) is 5.92 Å². The van der Waals surface area contributed by atoms with E-state index in [1.54, 1.807) is 0 Å². The summed E-state index contributed by atoms with van der Waals surface area (Å²) in [5, 5.41) is 2.97. The van der Waals surface area contributed by atoms with Gasteiger partial charge >= 0.3 is 0 Å². The monoisotopic (exact) mass is 291 g/mol. The molecule has 1 N–H and O–H groups in total. The lowest BCUT2D eigenvalue weighted by Gasteiger charge is -2.14. The minimum Gasteiger partial charge on any atom is -0.355 e. The van der Waals surface area contributed by atoms with Gasteiger partial charge in [-0.1, -0.05) is 62.4 Å². The van der Waals surface area contributed by atoms with Crippen LogP contribution in [0.3, 0.4) is 0 Å². The average Bonchev–Trinajstić information content (AvgIpc) is 2.25. The number of unbranched alkanes of at least 4 members (excludes halogenated alkanes) is 4. The topological polar surface area (TPSA) is 29.1 Å². The van der Waals surface area contributed by atoms with E-state index in [0.717, 1.165) is 13.0 Å². The molecule has 16 heavy (non-hydrogen) atoms. The maximum Gasteiger partial charge on any atom is 0.220 e. The third-order valence-corrected chi connectivity index (χ3v) is 4.11. The molecule has 2 nitrogen and oxygen atoms in total. The number of carbonyl (C=O) groups is 1. The highest BCUT2D eigenvalue weighted by atomic mass is 79.9. The highest BCUT2D eigenvalue weighted by molar-refractivity contribution is 9.09. The van der Waals surface area contributed by atoms with Crippen molar-refractivity contribution in [3.63, 3.8) is 0 Å². The Morgan fingerprint density at radius 1 is 1.19 bits per heavy atom. The van der Waals surface area contributed by atoms with Gasteiger partial charge in [0, 0.05) is 17.8 Å². The van der Waals surface area contributed by atoms with E-state index < -0.39 is 0 Å². The van der Waals surface area contributed by atoms with Crippen LogP contribution in [0.4, 0.5) is 0 Å². The molecule has 0 fully saturated rings. The van der Waals surface area contributed by atoms with Crippen molar-refractivity contribution in [2.75, 3.05) is 6.54 Å². The normalized spacial score (nSPS) is 12.8. The zero-order chi connectivity index (χ0) is 12.4. The highest BCUT2D eigenvalue weighted by Crippen LogP contribution is 2.10. The van der Waals surface area contributed by atoms with E-state index in [1.807, 2.05) is 0 Å². The van der Waals surface area contributed by atoms with E-state index in [4.69, 9.17) is 0 Å². The number of hydrogen-bond donors (Lipinski definition) is 1. The van der Waals surface area contributed by atoms with Gasteiger partial charge in [-0.2, -0.15) is 0 Å². The Bertz CT molecular complexity index is 183. The lowest BCUT2D eigenvalue weighted by atomic mass is 10.1. The lowest BCUT2D eigenvalue weighted by Crippen LogP contribution is -2.31. The van der Waals surface area contributed by atoms with Crippen LogP contribution in [-0.4, -0.2) is 17.3 Å². The molecule has 1 amide bonds. The van der Waals surface area contributed by atoms with Crippen LogP contribution in [0.1, 0.15) is 59.3 Å². The molecule has 1 unspecified atom stereocenters. The molecule has 0 heterocycles. The molecule has 0 spiro atoms. The van der Waals surface area contributed by atoms with Crippen LogP contribution in [0.15, 0.2) is 0 Å². The maximum atomic E-state index is 11.5. The number of nitrogens with one attached hydrogen (secondary N) is 1.